The third kappa shape index (κ3) is 5.54. The Morgan fingerprint density at radius 3 is 2.39 bits per heavy atom. The number of hydrogen-bond acceptors (Lipinski definition) is 2. The summed E-state index contributed by atoms with van der Waals surface area (Å²) in [6.07, 6.45) is 1.26. The average Bonchev–Trinajstić information content (AvgIpc) is 2.21. The second-order valence-electron chi connectivity index (χ2n) is 6.14. The van der Waals surface area contributed by atoms with Gasteiger partial charge in [-0.2, -0.15) is 0 Å². The molecule has 1 unspecified atom stereocenters. The maximum atomic E-state index is 5.92. The zero-order valence-corrected chi connectivity index (χ0v) is 12.6. The Labute approximate surface area is 112 Å². The SMILES string of the molecule is Cc1ccc(OC(C)CCNC(C)(C)C)cc1C. The maximum Gasteiger partial charge on any atom is 0.119 e. The fraction of sp³-hybridized carbons (Fsp3) is 0.625. The van der Waals surface area contributed by atoms with E-state index in [9.17, 15) is 0 Å². The highest BCUT2D eigenvalue weighted by Gasteiger charge is 2.10. The van der Waals surface area contributed by atoms with Crippen LogP contribution in [-0.4, -0.2) is 18.2 Å². The van der Waals surface area contributed by atoms with Crippen LogP contribution in [0.5, 0.6) is 5.75 Å². The topological polar surface area (TPSA) is 21.3 Å². The Bertz CT molecular complexity index is 379. The summed E-state index contributed by atoms with van der Waals surface area (Å²) in [7, 11) is 0. The minimum absolute atomic E-state index is 0.181. The summed E-state index contributed by atoms with van der Waals surface area (Å²) < 4.78 is 5.92. The standard InChI is InChI=1S/C16H27NO/c1-12-7-8-15(11-13(12)2)18-14(3)9-10-17-16(4,5)6/h7-8,11,14,17H,9-10H2,1-6H3. The molecule has 1 aromatic rings. The van der Waals surface area contributed by atoms with Crippen LogP contribution in [0.1, 0.15) is 45.2 Å². The summed E-state index contributed by atoms with van der Waals surface area (Å²) in [6, 6.07) is 6.28. The normalized spacial score (nSPS) is 13.4. The predicted octanol–water partition coefficient (Wildman–Crippen LogP) is 3.85. The molecule has 0 saturated heterocycles. The van der Waals surface area contributed by atoms with Crippen LogP contribution in [0, 0.1) is 13.8 Å². The van der Waals surface area contributed by atoms with E-state index in [-0.39, 0.29) is 11.6 Å². The van der Waals surface area contributed by atoms with Crippen molar-refractivity contribution in [2.24, 2.45) is 0 Å². The number of aryl methyl sites for hydroxylation is 2. The van der Waals surface area contributed by atoms with Gasteiger partial charge in [-0.1, -0.05) is 6.07 Å². The third-order valence-electron chi connectivity index (χ3n) is 3.02. The van der Waals surface area contributed by atoms with Gasteiger partial charge in [-0.05, 0) is 77.8 Å². The summed E-state index contributed by atoms with van der Waals surface area (Å²) in [5.74, 6) is 0.973. The van der Waals surface area contributed by atoms with Crippen molar-refractivity contribution >= 4 is 0 Å². The van der Waals surface area contributed by atoms with Gasteiger partial charge in [0.15, 0.2) is 0 Å². The highest BCUT2D eigenvalue weighted by Crippen LogP contribution is 2.18. The average molecular weight is 249 g/mol. The zero-order valence-electron chi connectivity index (χ0n) is 12.6. The molecule has 1 rings (SSSR count). The van der Waals surface area contributed by atoms with Gasteiger partial charge in [0.1, 0.15) is 5.75 Å². The van der Waals surface area contributed by atoms with Crippen LogP contribution in [0.2, 0.25) is 0 Å². The fourth-order valence-electron chi connectivity index (χ4n) is 1.73. The van der Waals surface area contributed by atoms with Crippen LogP contribution in [0.3, 0.4) is 0 Å². The molecular weight excluding hydrogens is 222 g/mol. The van der Waals surface area contributed by atoms with Crippen molar-refractivity contribution in [3.8, 4) is 5.75 Å². The summed E-state index contributed by atoms with van der Waals surface area (Å²) in [6.45, 7) is 13.9. The van der Waals surface area contributed by atoms with E-state index in [1.807, 2.05) is 0 Å². The van der Waals surface area contributed by atoms with Crippen LogP contribution in [0.15, 0.2) is 18.2 Å². The van der Waals surface area contributed by atoms with Crippen LogP contribution in [0.4, 0.5) is 0 Å². The fourth-order valence-corrected chi connectivity index (χ4v) is 1.73. The molecule has 0 spiro atoms. The molecule has 1 aromatic carbocycles. The smallest absolute Gasteiger partial charge is 0.119 e. The minimum atomic E-state index is 0.181. The molecule has 1 N–H and O–H groups in total. The highest BCUT2D eigenvalue weighted by atomic mass is 16.5. The lowest BCUT2D eigenvalue weighted by Crippen LogP contribution is -2.37. The zero-order chi connectivity index (χ0) is 13.8. The number of ether oxygens (including phenoxy) is 1. The number of hydrogen-bond donors (Lipinski definition) is 1. The first-order valence-electron chi connectivity index (χ1n) is 6.77. The number of nitrogens with one attached hydrogen (secondary N) is 1. The van der Waals surface area contributed by atoms with Gasteiger partial charge in [-0.25, -0.2) is 0 Å². The van der Waals surface area contributed by atoms with Gasteiger partial charge in [-0.3, -0.25) is 0 Å². The van der Waals surface area contributed by atoms with Crippen molar-refractivity contribution in [2.75, 3.05) is 6.54 Å². The Kier molecular flexibility index (Phi) is 5.21. The molecule has 18 heavy (non-hydrogen) atoms. The van der Waals surface area contributed by atoms with E-state index in [0.717, 1.165) is 18.7 Å². The van der Waals surface area contributed by atoms with E-state index in [4.69, 9.17) is 4.74 Å². The second-order valence-corrected chi connectivity index (χ2v) is 6.14. The monoisotopic (exact) mass is 249 g/mol. The molecule has 0 aromatic heterocycles. The first-order valence-corrected chi connectivity index (χ1v) is 6.77. The van der Waals surface area contributed by atoms with E-state index in [2.05, 4.69) is 65.1 Å². The van der Waals surface area contributed by atoms with Gasteiger partial charge < -0.3 is 10.1 Å². The van der Waals surface area contributed by atoms with Crippen molar-refractivity contribution < 1.29 is 4.74 Å². The Hall–Kier alpha value is -1.02. The highest BCUT2D eigenvalue weighted by molar-refractivity contribution is 5.33. The summed E-state index contributed by atoms with van der Waals surface area (Å²) in [4.78, 5) is 0. The van der Waals surface area contributed by atoms with Crippen molar-refractivity contribution in [1.82, 2.24) is 5.32 Å². The lowest BCUT2D eigenvalue weighted by atomic mass is 10.1. The molecule has 0 amide bonds. The second kappa shape index (κ2) is 6.24. The van der Waals surface area contributed by atoms with Crippen molar-refractivity contribution in [2.45, 2.75) is 59.6 Å². The quantitative estimate of drug-likeness (QED) is 0.856. The molecule has 2 nitrogen and oxygen atoms in total. The summed E-state index contributed by atoms with van der Waals surface area (Å²) in [5, 5.41) is 3.48. The molecule has 0 heterocycles. The predicted molar refractivity (Wildman–Crippen MR) is 78.4 cm³/mol. The van der Waals surface area contributed by atoms with Gasteiger partial charge in [-0.15, -0.1) is 0 Å². The first-order chi connectivity index (χ1) is 8.28. The van der Waals surface area contributed by atoms with Crippen LogP contribution in [0.25, 0.3) is 0 Å². The Morgan fingerprint density at radius 1 is 1.17 bits per heavy atom. The van der Waals surface area contributed by atoms with Gasteiger partial charge >= 0.3 is 0 Å². The van der Waals surface area contributed by atoms with E-state index in [1.54, 1.807) is 0 Å². The molecule has 102 valence electrons. The van der Waals surface area contributed by atoms with E-state index >= 15 is 0 Å². The largest absolute Gasteiger partial charge is 0.491 e. The molecule has 1 atom stereocenters. The van der Waals surface area contributed by atoms with Crippen LogP contribution >= 0.6 is 0 Å². The summed E-state index contributed by atoms with van der Waals surface area (Å²) in [5.41, 5.74) is 2.78. The van der Waals surface area contributed by atoms with E-state index in [0.29, 0.717) is 0 Å². The van der Waals surface area contributed by atoms with E-state index < -0.39 is 0 Å². The molecule has 0 aliphatic heterocycles. The molecule has 0 fully saturated rings. The number of benzene rings is 1. The van der Waals surface area contributed by atoms with Crippen LogP contribution < -0.4 is 10.1 Å². The van der Waals surface area contributed by atoms with Crippen molar-refractivity contribution in [3.05, 3.63) is 29.3 Å². The summed E-state index contributed by atoms with van der Waals surface area (Å²) >= 11 is 0. The maximum absolute atomic E-state index is 5.92. The molecule has 2 heteroatoms. The number of rotatable bonds is 5. The van der Waals surface area contributed by atoms with Gasteiger partial charge in [0, 0.05) is 5.54 Å². The molecule has 0 saturated carbocycles. The molecule has 0 aliphatic carbocycles. The van der Waals surface area contributed by atoms with E-state index in [1.165, 1.54) is 11.1 Å². The molecule has 0 bridgehead atoms. The molecule has 0 aliphatic rings. The lowest BCUT2D eigenvalue weighted by Gasteiger charge is -2.22. The van der Waals surface area contributed by atoms with Gasteiger partial charge in [0.25, 0.3) is 0 Å². The third-order valence-corrected chi connectivity index (χ3v) is 3.02. The van der Waals surface area contributed by atoms with Crippen molar-refractivity contribution in [3.63, 3.8) is 0 Å². The lowest BCUT2D eigenvalue weighted by molar-refractivity contribution is 0.205. The van der Waals surface area contributed by atoms with Crippen LogP contribution in [-0.2, 0) is 0 Å². The molecular formula is C16H27NO. The minimum Gasteiger partial charge on any atom is -0.491 e. The molecule has 0 radical (unpaired) electrons. The van der Waals surface area contributed by atoms with Gasteiger partial charge in [0.2, 0.25) is 0 Å². The van der Waals surface area contributed by atoms with Gasteiger partial charge in [0.05, 0.1) is 6.10 Å². The Morgan fingerprint density at radius 2 is 1.83 bits per heavy atom. The Balaban J connectivity index is 2.40. The van der Waals surface area contributed by atoms with Crippen molar-refractivity contribution in [1.29, 1.82) is 0 Å². The first kappa shape index (κ1) is 15.0.